The van der Waals surface area contributed by atoms with E-state index in [0.29, 0.717) is 6.54 Å². The molecule has 2 atom stereocenters. The van der Waals surface area contributed by atoms with E-state index in [1.54, 1.807) is 0 Å². The molecule has 2 unspecified atom stereocenters. The molecule has 0 saturated carbocycles. The normalized spacial score (nSPS) is 21.3. The minimum absolute atomic E-state index is 0.0413. The Morgan fingerprint density at radius 2 is 2.14 bits per heavy atom. The number of carbonyl (C=O) groups excluding carboxylic acids is 2. The molecule has 0 spiro atoms. The van der Waals surface area contributed by atoms with Crippen LogP contribution >= 0.6 is 0 Å². The van der Waals surface area contributed by atoms with Crippen molar-refractivity contribution in [3.8, 4) is 0 Å². The number of aliphatic carboxylic acids is 1. The minimum Gasteiger partial charge on any atom is -0.481 e. The Morgan fingerprint density at radius 1 is 1.48 bits per heavy atom. The van der Waals surface area contributed by atoms with Crippen LogP contribution in [0.2, 0.25) is 0 Å². The van der Waals surface area contributed by atoms with Crippen molar-refractivity contribution in [1.29, 1.82) is 0 Å². The van der Waals surface area contributed by atoms with Crippen LogP contribution in [0.4, 0.5) is 4.79 Å². The summed E-state index contributed by atoms with van der Waals surface area (Å²) in [5.41, 5.74) is -1.55. The van der Waals surface area contributed by atoms with Crippen molar-refractivity contribution in [3.63, 3.8) is 0 Å². The van der Waals surface area contributed by atoms with Crippen LogP contribution in [0.1, 0.15) is 13.3 Å². The van der Waals surface area contributed by atoms with Gasteiger partial charge in [-0.25, -0.2) is 9.59 Å². The first-order valence-corrected chi connectivity index (χ1v) is 6.41. The summed E-state index contributed by atoms with van der Waals surface area (Å²) in [6, 6.07) is -0.502. The van der Waals surface area contributed by atoms with Gasteiger partial charge in [0, 0.05) is 13.1 Å². The summed E-state index contributed by atoms with van der Waals surface area (Å²) in [7, 11) is 1.23. The van der Waals surface area contributed by atoms with Gasteiger partial charge in [-0.3, -0.25) is 4.79 Å². The van der Waals surface area contributed by atoms with Crippen LogP contribution in [-0.2, 0) is 19.1 Å². The Morgan fingerprint density at radius 3 is 2.71 bits per heavy atom. The lowest BCUT2D eigenvalue weighted by Crippen LogP contribution is -2.54. The molecular formula is C12H20N2O7. The van der Waals surface area contributed by atoms with Gasteiger partial charge in [-0.15, -0.1) is 0 Å². The second-order valence-electron chi connectivity index (χ2n) is 5.05. The van der Waals surface area contributed by atoms with Crippen LogP contribution in [0.15, 0.2) is 0 Å². The SMILES string of the molecule is COC(=O)C1CN(C(=O)NCC(C)(O)CC(=O)O)CCO1. The van der Waals surface area contributed by atoms with Gasteiger partial charge in [0.2, 0.25) is 0 Å². The predicted octanol–water partition coefficient (Wildman–Crippen LogP) is -1.20. The zero-order chi connectivity index (χ0) is 16.0. The maximum absolute atomic E-state index is 11.9. The number of aliphatic hydroxyl groups is 1. The van der Waals surface area contributed by atoms with Crippen molar-refractivity contribution in [2.75, 3.05) is 33.4 Å². The number of morpholine rings is 1. The van der Waals surface area contributed by atoms with E-state index in [2.05, 4.69) is 10.1 Å². The third kappa shape index (κ3) is 5.56. The monoisotopic (exact) mass is 304 g/mol. The summed E-state index contributed by atoms with van der Waals surface area (Å²) >= 11 is 0. The highest BCUT2D eigenvalue weighted by molar-refractivity contribution is 5.78. The zero-order valence-electron chi connectivity index (χ0n) is 12.0. The van der Waals surface area contributed by atoms with Crippen LogP contribution < -0.4 is 5.32 Å². The van der Waals surface area contributed by atoms with Gasteiger partial charge in [-0.1, -0.05) is 0 Å². The number of rotatable bonds is 5. The molecule has 0 bridgehead atoms. The Kier molecular flexibility index (Phi) is 5.91. The molecule has 0 aliphatic carbocycles. The number of urea groups is 1. The van der Waals surface area contributed by atoms with E-state index >= 15 is 0 Å². The van der Waals surface area contributed by atoms with Crippen LogP contribution in [0.25, 0.3) is 0 Å². The highest BCUT2D eigenvalue weighted by atomic mass is 16.6. The fourth-order valence-corrected chi connectivity index (χ4v) is 1.87. The molecule has 21 heavy (non-hydrogen) atoms. The second kappa shape index (κ2) is 7.23. The molecule has 2 amide bonds. The minimum atomic E-state index is -1.55. The lowest BCUT2D eigenvalue weighted by molar-refractivity contribution is -0.158. The Hall–Kier alpha value is -1.87. The van der Waals surface area contributed by atoms with Crippen LogP contribution in [0.5, 0.6) is 0 Å². The third-order valence-electron chi connectivity index (χ3n) is 2.97. The van der Waals surface area contributed by atoms with Gasteiger partial charge >= 0.3 is 18.0 Å². The van der Waals surface area contributed by atoms with Crippen molar-refractivity contribution in [1.82, 2.24) is 10.2 Å². The quantitative estimate of drug-likeness (QED) is 0.544. The second-order valence-corrected chi connectivity index (χ2v) is 5.05. The van der Waals surface area contributed by atoms with Crippen LogP contribution in [-0.4, -0.2) is 78.1 Å². The molecule has 1 heterocycles. The highest BCUT2D eigenvalue weighted by Crippen LogP contribution is 2.10. The highest BCUT2D eigenvalue weighted by Gasteiger charge is 2.31. The van der Waals surface area contributed by atoms with Gasteiger partial charge in [0.05, 0.1) is 32.3 Å². The van der Waals surface area contributed by atoms with Crippen molar-refractivity contribution in [3.05, 3.63) is 0 Å². The summed E-state index contributed by atoms with van der Waals surface area (Å²) in [4.78, 5) is 35.2. The number of carboxylic acid groups (broad SMARTS) is 1. The first-order valence-electron chi connectivity index (χ1n) is 6.41. The molecule has 1 fully saturated rings. The molecule has 9 heteroatoms. The molecule has 120 valence electrons. The van der Waals surface area contributed by atoms with Crippen molar-refractivity contribution < 1.29 is 34.1 Å². The fraction of sp³-hybridized carbons (Fsp3) is 0.750. The number of esters is 1. The largest absolute Gasteiger partial charge is 0.481 e. The first-order chi connectivity index (χ1) is 9.75. The number of ether oxygens (including phenoxy) is 2. The molecule has 1 rings (SSSR count). The van der Waals surface area contributed by atoms with E-state index in [1.165, 1.54) is 18.9 Å². The first kappa shape index (κ1) is 17.2. The fourth-order valence-electron chi connectivity index (χ4n) is 1.87. The van der Waals surface area contributed by atoms with E-state index in [9.17, 15) is 19.5 Å². The number of hydrogen-bond donors (Lipinski definition) is 3. The maximum atomic E-state index is 11.9. The van der Waals surface area contributed by atoms with Crippen molar-refractivity contribution >= 4 is 18.0 Å². The molecular weight excluding hydrogens is 284 g/mol. The smallest absolute Gasteiger partial charge is 0.336 e. The molecule has 0 aromatic heterocycles. The number of carboxylic acids is 1. The standard InChI is InChI=1S/C12H20N2O7/c1-12(19,5-9(15)16)7-13-11(18)14-3-4-21-8(6-14)10(17)20-2/h8,19H,3-7H2,1-2H3,(H,13,18)(H,15,16). The van der Waals surface area contributed by atoms with Gasteiger partial charge in [-0.05, 0) is 6.92 Å². The predicted molar refractivity (Wildman–Crippen MR) is 69.6 cm³/mol. The molecule has 1 aliphatic heterocycles. The number of nitrogens with one attached hydrogen (secondary N) is 1. The molecule has 1 saturated heterocycles. The summed E-state index contributed by atoms with van der Waals surface area (Å²) in [5.74, 6) is -1.73. The van der Waals surface area contributed by atoms with E-state index in [4.69, 9.17) is 9.84 Å². The molecule has 0 radical (unpaired) electrons. The van der Waals surface area contributed by atoms with Gasteiger partial charge in [-0.2, -0.15) is 0 Å². The summed E-state index contributed by atoms with van der Waals surface area (Å²) in [6.07, 6.45) is -1.32. The van der Waals surface area contributed by atoms with Gasteiger partial charge in [0.1, 0.15) is 0 Å². The average Bonchev–Trinajstić information content (AvgIpc) is 2.42. The van der Waals surface area contributed by atoms with Crippen molar-refractivity contribution in [2.45, 2.75) is 25.0 Å². The lowest BCUT2D eigenvalue weighted by atomic mass is 10.0. The van der Waals surface area contributed by atoms with Gasteiger partial charge < -0.3 is 29.9 Å². The number of amides is 2. The van der Waals surface area contributed by atoms with Crippen LogP contribution in [0, 0.1) is 0 Å². The molecule has 9 nitrogen and oxygen atoms in total. The molecule has 0 aromatic rings. The summed E-state index contributed by atoms with van der Waals surface area (Å²) in [5, 5.41) is 20.9. The Bertz CT molecular complexity index is 410. The van der Waals surface area contributed by atoms with E-state index < -0.39 is 36.1 Å². The Labute approximate surface area is 121 Å². The van der Waals surface area contributed by atoms with Crippen LogP contribution in [0.3, 0.4) is 0 Å². The lowest BCUT2D eigenvalue weighted by Gasteiger charge is -2.32. The van der Waals surface area contributed by atoms with E-state index in [-0.39, 0.29) is 19.7 Å². The number of carbonyl (C=O) groups is 3. The number of hydrogen-bond acceptors (Lipinski definition) is 6. The Balaban J connectivity index is 2.48. The molecule has 1 aliphatic rings. The zero-order valence-corrected chi connectivity index (χ0v) is 12.0. The maximum Gasteiger partial charge on any atom is 0.336 e. The van der Waals surface area contributed by atoms with Crippen molar-refractivity contribution in [2.24, 2.45) is 0 Å². The third-order valence-corrected chi connectivity index (χ3v) is 2.97. The topological polar surface area (TPSA) is 125 Å². The molecule has 3 N–H and O–H groups in total. The number of methoxy groups -OCH3 is 1. The van der Waals surface area contributed by atoms with Gasteiger partial charge in [0.15, 0.2) is 6.10 Å². The number of nitrogens with zero attached hydrogens (tertiary/aromatic N) is 1. The molecule has 0 aromatic carbocycles. The van der Waals surface area contributed by atoms with E-state index in [0.717, 1.165) is 0 Å². The van der Waals surface area contributed by atoms with E-state index in [1.807, 2.05) is 0 Å². The summed E-state index contributed by atoms with van der Waals surface area (Å²) in [6.45, 7) is 1.63. The average molecular weight is 304 g/mol. The summed E-state index contributed by atoms with van der Waals surface area (Å²) < 4.78 is 9.73. The van der Waals surface area contributed by atoms with Gasteiger partial charge in [0.25, 0.3) is 0 Å².